The average Bonchev–Trinajstić information content (AvgIpc) is 2.85. The Hall–Kier alpha value is -0.313. The molecule has 0 radical (unpaired) electrons. The maximum Gasteiger partial charge on any atom is 0.306 e. The van der Waals surface area contributed by atoms with Crippen LogP contribution in [0.4, 0.5) is 0 Å². The SMILES string of the molecule is CCC[SiH](CCC)C(CC)(C(=O)O)C1CCCC1. The first-order chi connectivity index (χ1) is 8.63. The Morgan fingerprint density at radius 1 is 1.17 bits per heavy atom. The summed E-state index contributed by atoms with van der Waals surface area (Å²) in [6.45, 7) is 6.55. The van der Waals surface area contributed by atoms with Crippen molar-refractivity contribution in [1.29, 1.82) is 0 Å². The molecule has 1 aliphatic carbocycles. The fraction of sp³-hybridized carbons (Fsp3) is 0.933. The zero-order valence-corrected chi connectivity index (χ0v) is 13.5. The lowest BCUT2D eigenvalue weighted by Gasteiger charge is -2.41. The molecule has 2 nitrogen and oxygen atoms in total. The molecule has 18 heavy (non-hydrogen) atoms. The molecule has 1 saturated carbocycles. The fourth-order valence-electron chi connectivity index (χ4n) is 4.21. The van der Waals surface area contributed by atoms with E-state index in [9.17, 15) is 9.90 Å². The Morgan fingerprint density at radius 2 is 1.67 bits per heavy atom. The molecular formula is C15H30O2Si. The van der Waals surface area contributed by atoms with E-state index in [1.54, 1.807) is 0 Å². The van der Waals surface area contributed by atoms with Crippen molar-refractivity contribution in [3.8, 4) is 0 Å². The van der Waals surface area contributed by atoms with E-state index in [1.807, 2.05) is 0 Å². The van der Waals surface area contributed by atoms with Gasteiger partial charge in [-0.1, -0.05) is 58.5 Å². The van der Waals surface area contributed by atoms with Crippen LogP contribution in [0.1, 0.15) is 65.7 Å². The number of rotatable bonds is 8. The summed E-state index contributed by atoms with van der Waals surface area (Å²) in [6.07, 6.45) is 8.02. The van der Waals surface area contributed by atoms with E-state index in [0.29, 0.717) is 5.92 Å². The lowest BCUT2D eigenvalue weighted by molar-refractivity contribution is -0.142. The summed E-state index contributed by atoms with van der Waals surface area (Å²) in [6, 6.07) is 2.43. The summed E-state index contributed by atoms with van der Waals surface area (Å²) in [4.78, 5) is 12.1. The van der Waals surface area contributed by atoms with Gasteiger partial charge in [-0.25, -0.2) is 0 Å². The quantitative estimate of drug-likeness (QED) is 0.661. The molecule has 3 heteroatoms. The molecule has 0 saturated heterocycles. The Balaban J connectivity index is 3.01. The number of hydrogen-bond acceptors (Lipinski definition) is 1. The molecule has 106 valence electrons. The van der Waals surface area contributed by atoms with Gasteiger partial charge in [-0.05, 0) is 25.2 Å². The summed E-state index contributed by atoms with van der Waals surface area (Å²) in [5.74, 6) is 0.0187. The van der Waals surface area contributed by atoms with Crippen molar-refractivity contribution in [2.45, 2.75) is 82.8 Å². The van der Waals surface area contributed by atoms with E-state index in [-0.39, 0.29) is 5.04 Å². The topological polar surface area (TPSA) is 37.3 Å². The van der Waals surface area contributed by atoms with Gasteiger partial charge in [0.25, 0.3) is 0 Å². The Bertz CT molecular complexity index is 255. The zero-order chi connectivity index (χ0) is 13.6. The third-order valence-corrected chi connectivity index (χ3v) is 10.2. The lowest BCUT2D eigenvalue weighted by Crippen LogP contribution is -2.43. The van der Waals surface area contributed by atoms with Gasteiger partial charge in [-0.2, -0.15) is 0 Å². The van der Waals surface area contributed by atoms with Crippen LogP contribution in [0.25, 0.3) is 0 Å². The summed E-state index contributed by atoms with van der Waals surface area (Å²) >= 11 is 0. The summed E-state index contributed by atoms with van der Waals surface area (Å²) in [7, 11) is -1.20. The van der Waals surface area contributed by atoms with Gasteiger partial charge in [-0.3, -0.25) is 4.79 Å². The molecule has 1 atom stereocenters. The highest BCUT2D eigenvalue weighted by Crippen LogP contribution is 2.52. The third kappa shape index (κ3) is 2.98. The van der Waals surface area contributed by atoms with Crippen LogP contribution in [0.5, 0.6) is 0 Å². The number of carbonyl (C=O) groups is 1. The minimum Gasteiger partial charge on any atom is -0.481 e. The van der Waals surface area contributed by atoms with Gasteiger partial charge >= 0.3 is 5.97 Å². The van der Waals surface area contributed by atoms with Crippen LogP contribution < -0.4 is 0 Å². The van der Waals surface area contributed by atoms with Gasteiger partial charge in [0, 0.05) is 0 Å². The predicted molar refractivity (Wildman–Crippen MR) is 79.9 cm³/mol. The first-order valence-corrected chi connectivity index (χ1v) is 10.1. The van der Waals surface area contributed by atoms with Crippen molar-refractivity contribution in [2.24, 2.45) is 5.92 Å². The number of carboxylic acids is 1. The Morgan fingerprint density at radius 3 is 2.00 bits per heavy atom. The van der Waals surface area contributed by atoms with E-state index in [4.69, 9.17) is 0 Å². The molecule has 0 heterocycles. The molecule has 0 amide bonds. The van der Waals surface area contributed by atoms with Crippen molar-refractivity contribution in [3.05, 3.63) is 0 Å². The third-order valence-electron chi connectivity index (χ3n) is 5.07. The van der Waals surface area contributed by atoms with Crippen molar-refractivity contribution in [3.63, 3.8) is 0 Å². The molecule has 0 aromatic rings. The second-order valence-corrected chi connectivity index (χ2v) is 9.53. The maximum atomic E-state index is 12.1. The van der Waals surface area contributed by atoms with Gasteiger partial charge in [0.1, 0.15) is 0 Å². The first-order valence-electron chi connectivity index (χ1n) is 7.86. The van der Waals surface area contributed by atoms with Crippen LogP contribution >= 0.6 is 0 Å². The molecule has 1 N–H and O–H groups in total. The molecular weight excluding hydrogens is 240 g/mol. The smallest absolute Gasteiger partial charge is 0.306 e. The zero-order valence-electron chi connectivity index (χ0n) is 12.4. The number of carboxylic acid groups (broad SMARTS) is 1. The number of hydrogen-bond donors (Lipinski definition) is 1. The molecule has 1 fully saturated rings. The second-order valence-electron chi connectivity index (χ2n) is 5.95. The first kappa shape index (κ1) is 15.7. The Labute approximate surface area is 114 Å². The van der Waals surface area contributed by atoms with E-state index >= 15 is 0 Å². The Kier molecular flexibility index (Phi) is 6.40. The highest BCUT2D eigenvalue weighted by atomic mass is 28.3. The minimum atomic E-state index is -1.20. The van der Waals surface area contributed by atoms with Crippen molar-refractivity contribution >= 4 is 14.8 Å². The fourth-order valence-corrected chi connectivity index (χ4v) is 8.85. The molecule has 0 bridgehead atoms. The van der Waals surface area contributed by atoms with Crippen LogP contribution in [0, 0.1) is 5.92 Å². The predicted octanol–water partition coefficient (Wildman–Crippen LogP) is 4.46. The minimum absolute atomic E-state index is 0.303. The average molecular weight is 270 g/mol. The van der Waals surface area contributed by atoms with Crippen molar-refractivity contribution in [2.75, 3.05) is 0 Å². The van der Waals surface area contributed by atoms with Crippen LogP contribution in [-0.2, 0) is 4.79 Å². The van der Waals surface area contributed by atoms with Gasteiger partial charge in [0.15, 0.2) is 0 Å². The second kappa shape index (κ2) is 7.32. The van der Waals surface area contributed by atoms with E-state index < -0.39 is 14.8 Å². The largest absolute Gasteiger partial charge is 0.481 e. The lowest BCUT2D eigenvalue weighted by atomic mass is 9.87. The van der Waals surface area contributed by atoms with E-state index in [2.05, 4.69) is 20.8 Å². The molecule has 1 unspecified atom stereocenters. The molecule has 0 aliphatic heterocycles. The molecule has 1 rings (SSSR count). The van der Waals surface area contributed by atoms with Gasteiger partial charge in [0.2, 0.25) is 0 Å². The molecule has 0 spiro atoms. The van der Waals surface area contributed by atoms with Gasteiger partial charge < -0.3 is 5.11 Å². The number of aliphatic carboxylic acids is 1. The van der Waals surface area contributed by atoms with E-state index in [0.717, 1.165) is 19.3 Å². The van der Waals surface area contributed by atoms with Crippen molar-refractivity contribution < 1.29 is 9.90 Å². The molecule has 1 aliphatic rings. The van der Waals surface area contributed by atoms with Crippen LogP contribution in [-0.4, -0.2) is 19.9 Å². The normalized spacial score (nSPS) is 20.2. The van der Waals surface area contributed by atoms with Crippen LogP contribution in [0.15, 0.2) is 0 Å². The molecule has 0 aromatic carbocycles. The summed E-state index contributed by atoms with van der Waals surface area (Å²) in [5.41, 5.74) is 0. The van der Waals surface area contributed by atoms with Crippen LogP contribution in [0.3, 0.4) is 0 Å². The standard InChI is InChI=1S/C15H30O2Si/c1-4-11-18(12-5-2)15(6-3,14(16)17)13-9-7-8-10-13/h13,18H,4-12H2,1-3H3,(H,16,17). The monoisotopic (exact) mass is 270 g/mol. The van der Waals surface area contributed by atoms with Crippen molar-refractivity contribution in [1.82, 2.24) is 0 Å². The van der Waals surface area contributed by atoms with Gasteiger partial charge in [-0.15, -0.1) is 0 Å². The van der Waals surface area contributed by atoms with Gasteiger partial charge in [0.05, 0.1) is 13.8 Å². The maximum absolute atomic E-state index is 12.1. The highest BCUT2D eigenvalue weighted by molar-refractivity contribution is 6.66. The highest BCUT2D eigenvalue weighted by Gasteiger charge is 2.50. The van der Waals surface area contributed by atoms with Crippen LogP contribution in [0.2, 0.25) is 17.1 Å². The van der Waals surface area contributed by atoms with E-state index in [1.165, 1.54) is 37.8 Å². The summed E-state index contributed by atoms with van der Waals surface area (Å²) < 4.78 is 0. The summed E-state index contributed by atoms with van der Waals surface area (Å²) in [5, 5.41) is 9.64. The molecule has 0 aromatic heterocycles.